The van der Waals surface area contributed by atoms with Gasteiger partial charge in [0.1, 0.15) is 0 Å². The topological polar surface area (TPSA) is 40.7 Å². The van der Waals surface area contributed by atoms with Crippen LogP contribution >= 0.6 is 0 Å². The number of rotatable bonds is 2. The van der Waals surface area contributed by atoms with E-state index in [0.29, 0.717) is 6.04 Å². The molecule has 0 atom stereocenters. The van der Waals surface area contributed by atoms with Crippen LogP contribution in [-0.4, -0.2) is 16.2 Å². The molecule has 1 saturated carbocycles. The first-order valence-electron chi connectivity index (χ1n) is 5.76. The summed E-state index contributed by atoms with van der Waals surface area (Å²) in [5.74, 6) is 1.14. The van der Waals surface area contributed by atoms with E-state index in [0.717, 1.165) is 5.82 Å². The average molecular weight is 191 g/mol. The molecule has 0 unspecified atom stereocenters. The first-order chi connectivity index (χ1) is 6.93. The third-order valence-corrected chi connectivity index (χ3v) is 3.22. The van der Waals surface area contributed by atoms with Gasteiger partial charge in [0, 0.05) is 17.3 Å². The van der Waals surface area contributed by atoms with Crippen molar-refractivity contribution in [3.63, 3.8) is 0 Å². The molecule has 3 heteroatoms. The lowest BCUT2D eigenvalue weighted by atomic mass is 10.1. The summed E-state index contributed by atoms with van der Waals surface area (Å²) in [5.41, 5.74) is 2.85. The zero-order chi connectivity index (χ0) is 9.38. The third-order valence-electron chi connectivity index (χ3n) is 3.22. The number of nitrogens with zero attached hydrogens (tertiary/aromatic N) is 1. The Kier molecular flexibility index (Phi) is 1.96. The molecular weight excluding hydrogens is 174 g/mol. The molecule has 76 valence electrons. The monoisotopic (exact) mass is 191 g/mol. The predicted octanol–water partition coefficient (Wildman–Crippen LogP) is 2.25. The fourth-order valence-electron chi connectivity index (χ4n) is 2.20. The molecule has 3 nitrogen and oxygen atoms in total. The minimum Gasteiger partial charge on any atom is -0.366 e. The molecule has 0 aliphatic heterocycles. The molecule has 0 radical (unpaired) electrons. The maximum Gasteiger partial charge on any atom is 0.151 e. The molecule has 14 heavy (non-hydrogen) atoms. The maximum absolute atomic E-state index is 4.38. The van der Waals surface area contributed by atoms with Gasteiger partial charge in [0.2, 0.25) is 0 Å². The molecule has 1 aromatic heterocycles. The van der Waals surface area contributed by atoms with Gasteiger partial charge in [-0.3, -0.25) is 5.10 Å². The lowest BCUT2D eigenvalue weighted by molar-refractivity contribution is 0.702. The van der Waals surface area contributed by atoms with E-state index in [1.54, 1.807) is 0 Å². The molecule has 2 aliphatic carbocycles. The second-order valence-electron chi connectivity index (χ2n) is 4.51. The van der Waals surface area contributed by atoms with Crippen molar-refractivity contribution in [2.24, 2.45) is 0 Å². The van der Waals surface area contributed by atoms with Crippen molar-refractivity contribution in [3.05, 3.63) is 11.3 Å². The number of aryl methyl sites for hydroxylation is 1. The van der Waals surface area contributed by atoms with Gasteiger partial charge in [0.05, 0.1) is 0 Å². The largest absolute Gasteiger partial charge is 0.366 e. The van der Waals surface area contributed by atoms with E-state index in [2.05, 4.69) is 15.5 Å². The number of aromatic nitrogens is 2. The number of hydrogen-bond acceptors (Lipinski definition) is 2. The highest BCUT2D eigenvalue weighted by Crippen LogP contribution is 2.29. The standard InChI is InChI=1S/C11H17N3/c1-2-4-9-10(5-3-1)13-14-11(9)12-8-6-7-8/h8H,1-7H2,(H2,12,13,14). The van der Waals surface area contributed by atoms with E-state index in [9.17, 15) is 0 Å². The molecule has 0 saturated heterocycles. The summed E-state index contributed by atoms with van der Waals surface area (Å²) in [6.45, 7) is 0. The number of anilines is 1. The van der Waals surface area contributed by atoms with Crippen molar-refractivity contribution >= 4 is 5.82 Å². The number of fused-ring (bicyclic) bond motifs is 1. The molecule has 0 bridgehead atoms. The Morgan fingerprint density at radius 1 is 1.14 bits per heavy atom. The number of nitrogens with one attached hydrogen (secondary N) is 2. The summed E-state index contributed by atoms with van der Waals surface area (Å²) >= 11 is 0. The highest BCUT2D eigenvalue weighted by atomic mass is 15.2. The van der Waals surface area contributed by atoms with Crippen LogP contribution in [0.25, 0.3) is 0 Å². The van der Waals surface area contributed by atoms with Gasteiger partial charge in [-0.2, -0.15) is 5.10 Å². The summed E-state index contributed by atoms with van der Waals surface area (Å²) in [6.07, 6.45) is 9.05. The Labute approximate surface area is 84.3 Å². The SMILES string of the molecule is C1CCc2[nH]nc(NC3CC3)c2CC1. The van der Waals surface area contributed by atoms with Crippen LogP contribution in [0, 0.1) is 0 Å². The van der Waals surface area contributed by atoms with Crippen molar-refractivity contribution in [2.45, 2.75) is 51.0 Å². The lowest BCUT2D eigenvalue weighted by Crippen LogP contribution is -2.03. The van der Waals surface area contributed by atoms with Crippen molar-refractivity contribution < 1.29 is 0 Å². The Bertz CT molecular complexity index is 325. The van der Waals surface area contributed by atoms with Gasteiger partial charge in [0.25, 0.3) is 0 Å². The molecule has 3 rings (SSSR count). The maximum atomic E-state index is 4.38. The van der Waals surface area contributed by atoms with E-state index in [1.165, 1.54) is 56.2 Å². The Balaban J connectivity index is 1.84. The number of hydrogen-bond donors (Lipinski definition) is 2. The summed E-state index contributed by atoms with van der Waals surface area (Å²) in [5, 5.41) is 11.1. The minimum atomic E-state index is 0.714. The molecule has 0 aromatic carbocycles. The van der Waals surface area contributed by atoms with Crippen LogP contribution in [0.15, 0.2) is 0 Å². The average Bonchev–Trinajstić information content (AvgIpc) is 2.94. The van der Waals surface area contributed by atoms with Crippen molar-refractivity contribution in [3.8, 4) is 0 Å². The molecular formula is C11H17N3. The van der Waals surface area contributed by atoms with Crippen LogP contribution in [0.3, 0.4) is 0 Å². The van der Waals surface area contributed by atoms with Crippen molar-refractivity contribution in [2.75, 3.05) is 5.32 Å². The highest BCUT2D eigenvalue weighted by Gasteiger charge is 2.24. The van der Waals surface area contributed by atoms with Crippen LogP contribution in [0.2, 0.25) is 0 Å². The fourth-order valence-corrected chi connectivity index (χ4v) is 2.20. The third kappa shape index (κ3) is 1.51. The molecule has 0 spiro atoms. The predicted molar refractivity (Wildman–Crippen MR) is 56.5 cm³/mol. The van der Waals surface area contributed by atoms with E-state index in [-0.39, 0.29) is 0 Å². The summed E-state index contributed by atoms with van der Waals surface area (Å²) in [6, 6.07) is 0.714. The zero-order valence-electron chi connectivity index (χ0n) is 8.47. The van der Waals surface area contributed by atoms with Gasteiger partial charge in [-0.05, 0) is 38.5 Å². The quantitative estimate of drug-likeness (QED) is 0.704. The molecule has 1 aromatic rings. The van der Waals surface area contributed by atoms with Gasteiger partial charge < -0.3 is 5.32 Å². The van der Waals surface area contributed by atoms with Crippen LogP contribution in [0.1, 0.15) is 43.4 Å². The second kappa shape index (κ2) is 3.30. The smallest absolute Gasteiger partial charge is 0.151 e. The van der Waals surface area contributed by atoms with Crippen molar-refractivity contribution in [1.82, 2.24) is 10.2 Å². The lowest BCUT2D eigenvalue weighted by Gasteiger charge is -2.03. The summed E-state index contributed by atoms with van der Waals surface area (Å²) < 4.78 is 0. The second-order valence-corrected chi connectivity index (χ2v) is 4.51. The van der Waals surface area contributed by atoms with E-state index in [1.807, 2.05) is 0 Å². The van der Waals surface area contributed by atoms with Crippen LogP contribution in [-0.2, 0) is 12.8 Å². The highest BCUT2D eigenvalue weighted by molar-refractivity contribution is 5.48. The van der Waals surface area contributed by atoms with E-state index in [4.69, 9.17) is 0 Å². The molecule has 0 amide bonds. The van der Waals surface area contributed by atoms with E-state index >= 15 is 0 Å². The number of aromatic amines is 1. The Morgan fingerprint density at radius 3 is 2.86 bits per heavy atom. The van der Waals surface area contributed by atoms with Gasteiger partial charge in [-0.15, -0.1) is 0 Å². The molecule has 1 heterocycles. The van der Waals surface area contributed by atoms with Gasteiger partial charge in [-0.1, -0.05) is 6.42 Å². The van der Waals surface area contributed by atoms with Crippen LogP contribution in [0.5, 0.6) is 0 Å². The van der Waals surface area contributed by atoms with Gasteiger partial charge in [0.15, 0.2) is 5.82 Å². The first-order valence-corrected chi connectivity index (χ1v) is 5.76. The van der Waals surface area contributed by atoms with Crippen LogP contribution in [0.4, 0.5) is 5.82 Å². The number of H-pyrrole nitrogens is 1. The van der Waals surface area contributed by atoms with Crippen molar-refractivity contribution in [1.29, 1.82) is 0 Å². The van der Waals surface area contributed by atoms with Crippen LogP contribution < -0.4 is 5.32 Å². The van der Waals surface area contributed by atoms with Gasteiger partial charge in [-0.25, -0.2) is 0 Å². The minimum absolute atomic E-state index is 0.714. The summed E-state index contributed by atoms with van der Waals surface area (Å²) in [7, 11) is 0. The Hall–Kier alpha value is -0.990. The van der Waals surface area contributed by atoms with Gasteiger partial charge >= 0.3 is 0 Å². The Morgan fingerprint density at radius 2 is 2.00 bits per heavy atom. The van der Waals surface area contributed by atoms with E-state index < -0.39 is 0 Å². The zero-order valence-corrected chi connectivity index (χ0v) is 8.47. The molecule has 2 N–H and O–H groups in total. The molecule has 2 aliphatic rings. The normalized spacial score (nSPS) is 21.4. The summed E-state index contributed by atoms with van der Waals surface area (Å²) in [4.78, 5) is 0. The first kappa shape index (κ1) is 8.33. The molecule has 1 fully saturated rings. The fraction of sp³-hybridized carbons (Fsp3) is 0.727.